The lowest BCUT2D eigenvalue weighted by molar-refractivity contribution is -0.150. The van der Waals surface area contributed by atoms with Crippen LogP contribution in [0.25, 0.3) is 0 Å². The number of aromatic nitrogens is 1. The normalized spacial score (nSPS) is 15.3. The van der Waals surface area contributed by atoms with E-state index in [1.165, 1.54) is 31.8 Å². The Morgan fingerprint density at radius 3 is 2.46 bits per heavy atom. The molecular formula is C26H34N2O7. The molecule has 1 aliphatic heterocycles. The Labute approximate surface area is 206 Å². The number of rotatable bonds is 11. The van der Waals surface area contributed by atoms with Crippen molar-refractivity contribution in [3.63, 3.8) is 0 Å². The predicted octanol–water partition coefficient (Wildman–Crippen LogP) is 4.42. The predicted molar refractivity (Wildman–Crippen MR) is 129 cm³/mol. The fourth-order valence-corrected chi connectivity index (χ4v) is 4.09. The molecule has 1 saturated heterocycles. The molecule has 2 aromatic rings. The summed E-state index contributed by atoms with van der Waals surface area (Å²) in [5.41, 5.74) is 1.20. The largest absolute Gasteiger partial charge is 0.493 e. The molecule has 35 heavy (non-hydrogen) atoms. The standard InChI is InChI=1S/C26H34N2O7/c1-31-22-16-20(17-23(32-2)24(22)33-3)35-26(30)28-14-7-6-12-21(28)25(29)34-15-8-4-5-10-19-11-9-13-27-18-19/h9,11,13,16-18,21H,4-8,10,12,14-15H2,1-3H3. The van der Waals surface area contributed by atoms with Gasteiger partial charge >= 0.3 is 12.1 Å². The fraction of sp³-hybridized carbons (Fsp3) is 0.500. The number of hydrogen-bond acceptors (Lipinski definition) is 8. The summed E-state index contributed by atoms with van der Waals surface area (Å²) in [6, 6.07) is 6.42. The van der Waals surface area contributed by atoms with Gasteiger partial charge in [-0.15, -0.1) is 0 Å². The van der Waals surface area contributed by atoms with Crippen molar-refractivity contribution in [2.45, 2.75) is 51.0 Å². The zero-order chi connectivity index (χ0) is 25.0. The third kappa shape index (κ3) is 7.24. The number of nitrogens with zero attached hydrogens (tertiary/aromatic N) is 2. The number of benzene rings is 1. The second-order valence-corrected chi connectivity index (χ2v) is 8.27. The van der Waals surface area contributed by atoms with Gasteiger partial charge < -0.3 is 23.7 Å². The van der Waals surface area contributed by atoms with Crippen LogP contribution in [0.2, 0.25) is 0 Å². The van der Waals surface area contributed by atoms with Crippen LogP contribution in [0, 0.1) is 0 Å². The lowest BCUT2D eigenvalue weighted by Crippen LogP contribution is -2.49. The summed E-state index contributed by atoms with van der Waals surface area (Å²) in [5.74, 6) is 0.977. The van der Waals surface area contributed by atoms with Crippen molar-refractivity contribution in [2.75, 3.05) is 34.5 Å². The average molecular weight is 487 g/mol. The molecule has 1 unspecified atom stereocenters. The molecular weight excluding hydrogens is 452 g/mol. The maximum absolute atomic E-state index is 13.0. The third-order valence-corrected chi connectivity index (χ3v) is 5.93. The van der Waals surface area contributed by atoms with Crippen molar-refractivity contribution in [1.82, 2.24) is 9.88 Å². The third-order valence-electron chi connectivity index (χ3n) is 5.93. The van der Waals surface area contributed by atoms with Crippen molar-refractivity contribution in [2.24, 2.45) is 0 Å². The Kier molecular flexibility index (Phi) is 10.0. The molecule has 190 valence electrons. The van der Waals surface area contributed by atoms with Crippen LogP contribution in [0.5, 0.6) is 23.0 Å². The first-order valence-corrected chi connectivity index (χ1v) is 11.9. The van der Waals surface area contributed by atoms with E-state index >= 15 is 0 Å². The quantitative estimate of drug-likeness (QED) is 0.340. The van der Waals surface area contributed by atoms with Gasteiger partial charge in [0, 0.05) is 31.1 Å². The van der Waals surface area contributed by atoms with Crippen LogP contribution in [0.3, 0.4) is 0 Å². The number of carbonyl (C=O) groups excluding carboxylic acids is 2. The molecule has 0 aliphatic carbocycles. The van der Waals surface area contributed by atoms with E-state index in [-0.39, 0.29) is 11.7 Å². The number of unbranched alkanes of at least 4 members (excludes halogenated alkanes) is 2. The molecule has 1 amide bonds. The highest BCUT2D eigenvalue weighted by Gasteiger charge is 2.34. The molecule has 2 heterocycles. The van der Waals surface area contributed by atoms with E-state index < -0.39 is 12.1 Å². The second kappa shape index (κ2) is 13.4. The topological polar surface area (TPSA) is 96.4 Å². The number of ether oxygens (including phenoxy) is 5. The van der Waals surface area contributed by atoms with Crippen LogP contribution in [-0.2, 0) is 16.0 Å². The number of piperidine rings is 1. The maximum Gasteiger partial charge on any atom is 0.415 e. The summed E-state index contributed by atoms with van der Waals surface area (Å²) >= 11 is 0. The minimum atomic E-state index is -0.659. The Bertz CT molecular complexity index is 942. The summed E-state index contributed by atoms with van der Waals surface area (Å²) in [6.07, 6.45) is 8.87. The highest BCUT2D eigenvalue weighted by Crippen LogP contribution is 2.41. The summed E-state index contributed by atoms with van der Waals surface area (Å²) < 4.78 is 27.0. The molecule has 0 radical (unpaired) electrons. The van der Waals surface area contributed by atoms with Crippen molar-refractivity contribution < 1.29 is 33.3 Å². The number of pyridine rings is 1. The van der Waals surface area contributed by atoms with Gasteiger partial charge in [0.2, 0.25) is 5.75 Å². The van der Waals surface area contributed by atoms with Crippen LogP contribution in [-0.4, -0.2) is 62.5 Å². The molecule has 0 spiro atoms. The van der Waals surface area contributed by atoms with Gasteiger partial charge in [-0.25, -0.2) is 9.59 Å². The number of amides is 1. The Hall–Kier alpha value is -3.49. The number of likely N-dealkylation sites (tertiary alicyclic amines) is 1. The van der Waals surface area contributed by atoms with E-state index in [2.05, 4.69) is 11.1 Å². The highest BCUT2D eigenvalue weighted by molar-refractivity contribution is 5.82. The molecule has 0 saturated carbocycles. The minimum absolute atomic E-state index is 0.232. The van der Waals surface area contributed by atoms with Crippen LogP contribution in [0.4, 0.5) is 4.79 Å². The molecule has 1 atom stereocenters. The molecule has 1 aromatic heterocycles. The molecule has 1 aliphatic rings. The van der Waals surface area contributed by atoms with E-state index in [1.54, 1.807) is 18.3 Å². The highest BCUT2D eigenvalue weighted by atomic mass is 16.6. The van der Waals surface area contributed by atoms with Gasteiger partial charge in [-0.3, -0.25) is 9.88 Å². The molecule has 0 bridgehead atoms. The monoisotopic (exact) mass is 486 g/mol. The van der Waals surface area contributed by atoms with Gasteiger partial charge in [0.15, 0.2) is 11.5 Å². The first-order chi connectivity index (χ1) is 17.1. The first-order valence-electron chi connectivity index (χ1n) is 11.9. The van der Waals surface area contributed by atoms with Crippen molar-refractivity contribution in [1.29, 1.82) is 0 Å². The van der Waals surface area contributed by atoms with E-state index in [9.17, 15) is 9.59 Å². The average Bonchev–Trinajstić information content (AvgIpc) is 2.90. The van der Waals surface area contributed by atoms with Crippen LogP contribution >= 0.6 is 0 Å². The van der Waals surface area contributed by atoms with E-state index in [4.69, 9.17) is 23.7 Å². The summed E-state index contributed by atoms with van der Waals surface area (Å²) in [4.78, 5) is 31.3. The van der Waals surface area contributed by atoms with E-state index in [0.717, 1.165) is 38.5 Å². The van der Waals surface area contributed by atoms with Gasteiger partial charge in [-0.1, -0.05) is 6.07 Å². The van der Waals surface area contributed by atoms with Crippen LogP contribution in [0.1, 0.15) is 44.1 Å². The number of hydrogen-bond donors (Lipinski definition) is 0. The summed E-state index contributed by atoms with van der Waals surface area (Å²) in [7, 11) is 4.47. The van der Waals surface area contributed by atoms with Crippen molar-refractivity contribution >= 4 is 12.1 Å². The van der Waals surface area contributed by atoms with Crippen molar-refractivity contribution in [3.05, 3.63) is 42.2 Å². The zero-order valence-corrected chi connectivity index (χ0v) is 20.7. The van der Waals surface area contributed by atoms with Gasteiger partial charge in [0.1, 0.15) is 11.8 Å². The van der Waals surface area contributed by atoms with Gasteiger partial charge in [0.25, 0.3) is 0 Å². The van der Waals surface area contributed by atoms with Crippen LogP contribution in [0.15, 0.2) is 36.7 Å². The SMILES string of the molecule is COc1cc(OC(=O)N2CCCCC2C(=O)OCCCCCc2cccnc2)cc(OC)c1OC. The zero-order valence-electron chi connectivity index (χ0n) is 20.7. The van der Waals surface area contributed by atoms with Crippen LogP contribution < -0.4 is 18.9 Å². The summed E-state index contributed by atoms with van der Waals surface area (Å²) in [5, 5.41) is 0. The lowest BCUT2D eigenvalue weighted by atomic mass is 10.0. The summed E-state index contributed by atoms with van der Waals surface area (Å²) in [6.45, 7) is 0.756. The van der Waals surface area contributed by atoms with Gasteiger partial charge in [-0.05, 0) is 56.6 Å². The Morgan fingerprint density at radius 1 is 1.03 bits per heavy atom. The Morgan fingerprint density at radius 2 is 1.80 bits per heavy atom. The second-order valence-electron chi connectivity index (χ2n) is 8.27. The van der Waals surface area contributed by atoms with Gasteiger partial charge in [0.05, 0.1) is 27.9 Å². The van der Waals surface area contributed by atoms with E-state index in [0.29, 0.717) is 36.8 Å². The number of esters is 1. The van der Waals surface area contributed by atoms with E-state index in [1.807, 2.05) is 12.3 Å². The fourth-order valence-electron chi connectivity index (χ4n) is 4.09. The molecule has 1 fully saturated rings. The first kappa shape index (κ1) is 26.1. The molecule has 9 heteroatoms. The Balaban J connectivity index is 1.52. The molecule has 1 aromatic carbocycles. The lowest BCUT2D eigenvalue weighted by Gasteiger charge is -2.33. The maximum atomic E-state index is 13.0. The minimum Gasteiger partial charge on any atom is -0.493 e. The smallest absolute Gasteiger partial charge is 0.415 e. The number of methoxy groups -OCH3 is 3. The van der Waals surface area contributed by atoms with Crippen molar-refractivity contribution in [3.8, 4) is 23.0 Å². The molecule has 0 N–H and O–H groups in total. The molecule has 3 rings (SSSR count). The molecule has 9 nitrogen and oxygen atoms in total. The number of carbonyl (C=O) groups is 2. The van der Waals surface area contributed by atoms with Gasteiger partial charge in [-0.2, -0.15) is 0 Å². The number of aryl methyl sites for hydroxylation is 1.